The molecule has 3 rings (SSSR count). The Kier molecular flexibility index (Phi) is 4.62. The summed E-state index contributed by atoms with van der Waals surface area (Å²) in [5.41, 5.74) is 8.25. The minimum atomic E-state index is 0.103. The van der Waals surface area contributed by atoms with E-state index >= 15 is 0 Å². The smallest absolute Gasteiger partial charge is 0.316 e. The number of nitrogens with one attached hydrogen (secondary N) is 1. The summed E-state index contributed by atoms with van der Waals surface area (Å²) in [6.07, 6.45) is 1.85. The van der Waals surface area contributed by atoms with Crippen molar-refractivity contribution in [2.24, 2.45) is 5.10 Å². The van der Waals surface area contributed by atoms with Crippen LogP contribution in [0.1, 0.15) is 57.2 Å². The molecule has 0 spiro atoms. The highest BCUT2D eigenvalue weighted by Crippen LogP contribution is 2.27. The molecule has 1 N–H and O–H groups in total. The van der Waals surface area contributed by atoms with E-state index in [1.165, 1.54) is 11.1 Å². The Hall–Kier alpha value is -2.62. The molecule has 0 aliphatic carbocycles. The molecule has 4 nitrogen and oxygen atoms in total. The zero-order valence-electron chi connectivity index (χ0n) is 15.5. The maximum atomic E-state index is 5.63. The van der Waals surface area contributed by atoms with Crippen LogP contribution in [0.4, 0.5) is 6.01 Å². The molecule has 1 heterocycles. The zero-order chi connectivity index (χ0) is 18.0. The lowest BCUT2D eigenvalue weighted by Crippen LogP contribution is -2.12. The van der Waals surface area contributed by atoms with Crippen LogP contribution in [0, 0.1) is 0 Å². The number of anilines is 1. The number of hydrogen-bond donors (Lipinski definition) is 1. The van der Waals surface area contributed by atoms with E-state index in [-0.39, 0.29) is 5.41 Å². The van der Waals surface area contributed by atoms with E-state index < -0.39 is 0 Å². The van der Waals surface area contributed by atoms with Gasteiger partial charge in [-0.2, -0.15) is 10.1 Å². The SMILES string of the molecule is CC(C)c1ccc(C(C)(C)C)cc1/C=N/Nc1nc2ccccc2o1. The summed E-state index contributed by atoms with van der Waals surface area (Å²) in [5.74, 6) is 0.430. The van der Waals surface area contributed by atoms with Crippen molar-refractivity contribution in [3.63, 3.8) is 0 Å². The van der Waals surface area contributed by atoms with E-state index in [4.69, 9.17) is 4.42 Å². The van der Waals surface area contributed by atoms with Crippen LogP contribution in [-0.2, 0) is 5.41 Å². The van der Waals surface area contributed by atoms with E-state index in [0.29, 0.717) is 11.9 Å². The molecular formula is C21H25N3O. The summed E-state index contributed by atoms with van der Waals surface area (Å²) in [5, 5.41) is 4.34. The molecule has 0 fully saturated rings. The first-order valence-corrected chi connectivity index (χ1v) is 8.63. The van der Waals surface area contributed by atoms with Crippen molar-refractivity contribution < 1.29 is 4.42 Å². The fourth-order valence-electron chi connectivity index (χ4n) is 2.76. The van der Waals surface area contributed by atoms with E-state index in [9.17, 15) is 0 Å². The second-order valence-electron chi connectivity index (χ2n) is 7.61. The third kappa shape index (κ3) is 3.90. The maximum Gasteiger partial charge on any atom is 0.316 e. The largest absolute Gasteiger partial charge is 0.422 e. The molecule has 0 atom stereocenters. The zero-order valence-corrected chi connectivity index (χ0v) is 15.5. The molecule has 0 aliphatic heterocycles. The molecule has 0 amide bonds. The summed E-state index contributed by atoms with van der Waals surface area (Å²) in [6, 6.07) is 14.7. The molecule has 0 unspecified atom stereocenters. The summed E-state index contributed by atoms with van der Waals surface area (Å²) >= 11 is 0. The van der Waals surface area contributed by atoms with E-state index in [0.717, 1.165) is 16.7 Å². The number of hydrazone groups is 1. The number of hydrogen-bond acceptors (Lipinski definition) is 4. The Bertz CT molecular complexity index is 868. The van der Waals surface area contributed by atoms with Crippen LogP contribution < -0.4 is 5.43 Å². The van der Waals surface area contributed by atoms with Gasteiger partial charge in [-0.05, 0) is 46.2 Å². The molecule has 0 radical (unpaired) electrons. The molecule has 4 heteroatoms. The highest BCUT2D eigenvalue weighted by Gasteiger charge is 2.16. The monoisotopic (exact) mass is 335 g/mol. The normalized spacial score (nSPS) is 12.4. The van der Waals surface area contributed by atoms with Crippen LogP contribution in [-0.4, -0.2) is 11.2 Å². The van der Waals surface area contributed by atoms with Crippen LogP contribution in [0.3, 0.4) is 0 Å². The van der Waals surface area contributed by atoms with Gasteiger partial charge in [-0.25, -0.2) is 5.43 Å². The third-order valence-electron chi connectivity index (χ3n) is 4.23. The van der Waals surface area contributed by atoms with Gasteiger partial charge in [0.05, 0.1) is 6.21 Å². The predicted molar refractivity (Wildman–Crippen MR) is 104 cm³/mol. The van der Waals surface area contributed by atoms with Gasteiger partial charge in [-0.1, -0.05) is 58.9 Å². The standard InChI is InChI=1S/C21H25N3O/c1-14(2)17-11-10-16(21(3,4)5)12-15(17)13-22-24-20-23-18-8-6-7-9-19(18)25-20/h6-14H,1-5H3,(H,23,24)/b22-13+. The Morgan fingerprint density at radius 2 is 1.88 bits per heavy atom. The first-order chi connectivity index (χ1) is 11.8. The van der Waals surface area contributed by atoms with Crippen molar-refractivity contribution in [1.29, 1.82) is 0 Å². The Morgan fingerprint density at radius 3 is 2.56 bits per heavy atom. The Balaban J connectivity index is 1.86. The van der Waals surface area contributed by atoms with Gasteiger partial charge in [-0.3, -0.25) is 0 Å². The average Bonchev–Trinajstić information content (AvgIpc) is 2.96. The molecule has 0 saturated heterocycles. The number of para-hydroxylation sites is 2. The first-order valence-electron chi connectivity index (χ1n) is 8.63. The number of aromatic nitrogens is 1. The minimum Gasteiger partial charge on any atom is -0.422 e. The molecule has 0 saturated carbocycles. The number of nitrogens with zero attached hydrogens (tertiary/aromatic N) is 2. The number of fused-ring (bicyclic) bond motifs is 1. The van der Waals surface area contributed by atoms with Crippen LogP contribution in [0.25, 0.3) is 11.1 Å². The summed E-state index contributed by atoms with van der Waals surface area (Å²) in [7, 11) is 0. The van der Waals surface area contributed by atoms with Crippen molar-refractivity contribution in [3.05, 3.63) is 59.2 Å². The van der Waals surface area contributed by atoms with Gasteiger partial charge in [0.2, 0.25) is 0 Å². The van der Waals surface area contributed by atoms with Crippen molar-refractivity contribution in [1.82, 2.24) is 4.98 Å². The molecule has 0 bridgehead atoms. The van der Waals surface area contributed by atoms with Gasteiger partial charge in [0.15, 0.2) is 5.58 Å². The number of oxazole rings is 1. The quantitative estimate of drug-likeness (QED) is 0.492. The summed E-state index contributed by atoms with van der Waals surface area (Å²) in [6.45, 7) is 11.0. The molecular weight excluding hydrogens is 310 g/mol. The van der Waals surface area contributed by atoms with Gasteiger partial charge in [0, 0.05) is 0 Å². The van der Waals surface area contributed by atoms with Gasteiger partial charge in [0.25, 0.3) is 0 Å². The van der Waals surface area contributed by atoms with Crippen molar-refractivity contribution >= 4 is 23.3 Å². The van der Waals surface area contributed by atoms with E-state index in [1.54, 1.807) is 0 Å². The molecule has 1 aromatic heterocycles. The minimum absolute atomic E-state index is 0.103. The highest BCUT2D eigenvalue weighted by atomic mass is 16.4. The average molecular weight is 335 g/mol. The van der Waals surface area contributed by atoms with E-state index in [1.807, 2.05) is 30.5 Å². The third-order valence-corrected chi connectivity index (χ3v) is 4.23. The number of rotatable bonds is 4. The second-order valence-corrected chi connectivity index (χ2v) is 7.61. The first kappa shape index (κ1) is 17.2. The van der Waals surface area contributed by atoms with Crippen LogP contribution in [0.5, 0.6) is 0 Å². The van der Waals surface area contributed by atoms with Crippen molar-refractivity contribution in [2.75, 3.05) is 5.43 Å². The maximum absolute atomic E-state index is 5.63. The lowest BCUT2D eigenvalue weighted by atomic mass is 9.84. The molecule has 2 aromatic carbocycles. The number of benzene rings is 2. The summed E-state index contributed by atoms with van der Waals surface area (Å²) < 4.78 is 5.63. The molecule has 3 aromatic rings. The Morgan fingerprint density at radius 1 is 1.12 bits per heavy atom. The second kappa shape index (κ2) is 6.71. The van der Waals surface area contributed by atoms with Crippen LogP contribution in [0.15, 0.2) is 52.0 Å². The van der Waals surface area contributed by atoms with Crippen LogP contribution >= 0.6 is 0 Å². The predicted octanol–water partition coefficient (Wildman–Crippen LogP) is 5.69. The molecule has 25 heavy (non-hydrogen) atoms. The van der Waals surface area contributed by atoms with Crippen molar-refractivity contribution in [3.8, 4) is 0 Å². The lowest BCUT2D eigenvalue weighted by Gasteiger charge is -2.21. The van der Waals surface area contributed by atoms with E-state index in [2.05, 4.69) is 68.3 Å². The topological polar surface area (TPSA) is 50.4 Å². The van der Waals surface area contributed by atoms with Gasteiger partial charge in [0.1, 0.15) is 5.52 Å². The molecule has 130 valence electrons. The fraction of sp³-hybridized carbons (Fsp3) is 0.333. The molecule has 0 aliphatic rings. The van der Waals surface area contributed by atoms with Gasteiger partial charge < -0.3 is 4.42 Å². The highest BCUT2D eigenvalue weighted by molar-refractivity contribution is 5.83. The van der Waals surface area contributed by atoms with Crippen molar-refractivity contribution in [2.45, 2.75) is 46.0 Å². The lowest BCUT2D eigenvalue weighted by molar-refractivity contribution is 0.589. The fourth-order valence-corrected chi connectivity index (χ4v) is 2.76. The Labute approximate surface area is 149 Å². The van der Waals surface area contributed by atoms with Gasteiger partial charge >= 0.3 is 6.01 Å². The summed E-state index contributed by atoms with van der Waals surface area (Å²) in [4.78, 5) is 4.37. The van der Waals surface area contributed by atoms with Gasteiger partial charge in [-0.15, -0.1) is 0 Å². The van der Waals surface area contributed by atoms with Crippen LogP contribution in [0.2, 0.25) is 0 Å².